The van der Waals surface area contributed by atoms with Crippen LogP contribution in [0.1, 0.15) is 40.0 Å². The topological polar surface area (TPSA) is 74.6 Å². The van der Waals surface area contributed by atoms with Gasteiger partial charge in [-0.15, -0.1) is 0 Å². The Kier molecular flexibility index (Phi) is 3.22. The minimum atomic E-state index is -1.80. The Balaban J connectivity index is 2.66. The van der Waals surface area contributed by atoms with Gasteiger partial charge in [0.15, 0.2) is 11.9 Å². The fraction of sp³-hybridized carbons (Fsp3) is 0.733. The predicted octanol–water partition coefficient (Wildman–Crippen LogP) is 1.25. The van der Waals surface area contributed by atoms with Crippen molar-refractivity contribution in [2.45, 2.75) is 51.7 Å². The van der Waals surface area contributed by atoms with Crippen LogP contribution in [0.2, 0.25) is 0 Å². The quantitative estimate of drug-likeness (QED) is 0.738. The minimum Gasteiger partial charge on any atom is -0.389 e. The molecule has 0 bridgehead atoms. The van der Waals surface area contributed by atoms with E-state index in [1.807, 2.05) is 20.8 Å². The zero-order valence-corrected chi connectivity index (χ0v) is 11.7. The molecule has 4 nitrogen and oxygen atoms in total. The molecular formula is C15H22O4. The van der Waals surface area contributed by atoms with Crippen molar-refractivity contribution in [3.05, 3.63) is 11.6 Å². The summed E-state index contributed by atoms with van der Waals surface area (Å²) >= 11 is 0. The normalized spacial score (nSPS) is 45.0. The highest BCUT2D eigenvalue weighted by molar-refractivity contribution is 5.88. The number of carbonyl (C=O) groups excluding carboxylic acids is 2. The van der Waals surface area contributed by atoms with E-state index in [2.05, 4.69) is 0 Å². The average Bonchev–Trinajstić information content (AvgIpc) is 2.32. The van der Waals surface area contributed by atoms with E-state index in [0.717, 1.165) is 12.8 Å². The summed E-state index contributed by atoms with van der Waals surface area (Å²) in [5.41, 5.74) is -2.79. The number of rotatable bonds is 2. The molecule has 0 amide bonds. The maximum absolute atomic E-state index is 11.5. The van der Waals surface area contributed by atoms with E-state index in [1.165, 1.54) is 6.08 Å². The van der Waals surface area contributed by atoms with E-state index in [0.29, 0.717) is 19.0 Å². The zero-order chi connectivity index (χ0) is 14.5. The van der Waals surface area contributed by atoms with Crippen LogP contribution in [0, 0.1) is 16.7 Å². The lowest BCUT2D eigenvalue weighted by atomic mass is 9.46. The molecule has 2 aliphatic carbocycles. The van der Waals surface area contributed by atoms with Crippen LogP contribution in [0.25, 0.3) is 0 Å². The minimum absolute atomic E-state index is 0.00792. The summed E-state index contributed by atoms with van der Waals surface area (Å²) in [5, 5.41) is 21.1. The average molecular weight is 266 g/mol. The Morgan fingerprint density at radius 1 is 1.26 bits per heavy atom. The molecule has 0 spiro atoms. The molecular weight excluding hydrogens is 244 g/mol. The van der Waals surface area contributed by atoms with Crippen LogP contribution in [0.4, 0.5) is 0 Å². The molecule has 0 heterocycles. The fourth-order valence-electron chi connectivity index (χ4n) is 4.42. The Morgan fingerprint density at radius 2 is 1.89 bits per heavy atom. The van der Waals surface area contributed by atoms with Crippen molar-refractivity contribution in [3.8, 4) is 0 Å². The van der Waals surface area contributed by atoms with Gasteiger partial charge >= 0.3 is 0 Å². The highest BCUT2D eigenvalue weighted by Crippen LogP contribution is 2.60. The molecule has 0 radical (unpaired) electrons. The molecule has 0 aromatic rings. The van der Waals surface area contributed by atoms with Crippen LogP contribution in [-0.4, -0.2) is 34.5 Å². The summed E-state index contributed by atoms with van der Waals surface area (Å²) in [6.45, 7) is 5.90. The summed E-state index contributed by atoms with van der Waals surface area (Å²) < 4.78 is 0. The van der Waals surface area contributed by atoms with Gasteiger partial charge in [0.25, 0.3) is 0 Å². The van der Waals surface area contributed by atoms with E-state index in [-0.39, 0.29) is 16.9 Å². The standard InChI is InChI=1S/C15H22O4/c1-13(2)5-4-6-14(3)12(13)11(18)7-10(8-16)15(14,19)9-17/h7-9,11-12,18-19H,4-6H2,1-3H3/t11-,12+,14+,15-/m1/s1. The molecule has 0 aromatic carbocycles. The molecule has 19 heavy (non-hydrogen) atoms. The maximum Gasteiger partial charge on any atom is 0.156 e. The van der Waals surface area contributed by atoms with Crippen LogP contribution in [0.5, 0.6) is 0 Å². The molecule has 1 saturated carbocycles. The van der Waals surface area contributed by atoms with Crippen molar-refractivity contribution in [2.24, 2.45) is 16.7 Å². The Bertz CT molecular complexity index is 439. The van der Waals surface area contributed by atoms with Gasteiger partial charge in [-0.3, -0.25) is 9.59 Å². The Morgan fingerprint density at radius 3 is 2.42 bits per heavy atom. The van der Waals surface area contributed by atoms with E-state index in [1.54, 1.807) is 0 Å². The highest BCUT2D eigenvalue weighted by Gasteiger charge is 2.62. The van der Waals surface area contributed by atoms with Crippen molar-refractivity contribution in [3.63, 3.8) is 0 Å². The van der Waals surface area contributed by atoms with Crippen LogP contribution in [0.3, 0.4) is 0 Å². The van der Waals surface area contributed by atoms with Crippen molar-refractivity contribution in [1.82, 2.24) is 0 Å². The van der Waals surface area contributed by atoms with Gasteiger partial charge in [-0.1, -0.05) is 27.2 Å². The number of aliphatic hydroxyl groups excluding tert-OH is 1. The first-order valence-corrected chi connectivity index (χ1v) is 6.77. The van der Waals surface area contributed by atoms with E-state index in [9.17, 15) is 19.8 Å². The number of aliphatic hydroxyl groups is 2. The van der Waals surface area contributed by atoms with Crippen molar-refractivity contribution < 1.29 is 19.8 Å². The summed E-state index contributed by atoms with van der Waals surface area (Å²) in [5.74, 6) is -0.243. The molecule has 0 saturated heterocycles. The third kappa shape index (κ3) is 1.73. The molecule has 2 aliphatic rings. The molecule has 2 N–H and O–H groups in total. The number of carbonyl (C=O) groups is 2. The van der Waals surface area contributed by atoms with Crippen LogP contribution in [0.15, 0.2) is 11.6 Å². The van der Waals surface area contributed by atoms with E-state index in [4.69, 9.17) is 0 Å². The third-order valence-electron chi connectivity index (χ3n) is 5.35. The number of hydrogen-bond acceptors (Lipinski definition) is 4. The van der Waals surface area contributed by atoms with Gasteiger partial charge in [0.1, 0.15) is 6.29 Å². The van der Waals surface area contributed by atoms with Crippen molar-refractivity contribution >= 4 is 12.6 Å². The van der Waals surface area contributed by atoms with E-state index < -0.39 is 17.1 Å². The lowest BCUT2D eigenvalue weighted by Gasteiger charge is -2.59. The molecule has 1 fully saturated rings. The molecule has 106 valence electrons. The number of aldehydes is 2. The summed E-state index contributed by atoms with van der Waals surface area (Å²) in [6.07, 6.45) is 3.92. The number of hydrogen-bond donors (Lipinski definition) is 2. The van der Waals surface area contributed by atoms with E-state index >= 15 is 0 Å². The molecule has 4 atom stereocenters. The largest absolute Gasteiger partial charge is 0.389 e. The molecule has 0 unspecified atom stereocenters. The second kappa shape index (κ2) is 4.25. The second-order valence-electron chi connectivity index (χ2n) is 6.85. The first kappa shape index (κ1) is 14.4. The lowest BCUT2D eigenvalue weighted by Crippen LogP contribution is -2.64. The van der Waals surface area contributed by atoms with Crippen molar-refractivity contribution in [2.75, 3.05) is 0 Å². The molecule has 2 rings (SSSR count). The maximum atomic E-state index is 11.5. The fourth-order valence-corrected chi connectivity index (χ4v) is 4.42. The van der Waals surface area contributed by atoms with Gasteiger partial charge in [-0.05, 0) is 24.3 Å². The number of fused-ring (bicyclic) bond motifs is 1. The van der Waals surface area contributed by atoms with Gasteiger partial charge in [0.2, 0.25) is 0 Å². The SMILES string of the molecule is CC1(C)CCC[C@@]2(C)[C@H]1[C@H](O)C=C(C=O)[C@]2(O)C=O. The van der Waals surface area contributed by atoms with Gasteiger partial charge < -0.3 is 10.2 Å². The summed E-state index contributed by atoms with van der Waals surface area (Å²) in [4.78, 5) is 22.7. The summed E-state index contributed by atoms with van der Waals surface area (Å²) in [6, 6.07) is 0. The van der Waals surface area contributed by atoms with Crippen LogP contribution in [-0.2, 0) is 9.59 Å². The molecule has 0 aromatic heterocycles. The van der Waals surface area contributed by atoms with Gasteiger partial charge in [0, 0.05) is 16.9 Å². The smallest absolute Gasteiger partial charge is 0.156 e. The predicted molar refractivity (Wildman–Crippen MR) is 70.4 cm³/mol. The van der Waals surface area contributed by atoms with Gasteiger partial charge in [-0.25, -0.2) is 0 Å². The highest BCUT2D eigenvalue weighted by atomic mass is 16.3. The zero-order valence-electron chi connectivity index (χ0n) is 11.7. The first-order chi connectivity index (χ1) is 8.73. The third-order valence-corrected chi connectivity index (χ3v) is 5.35. The first-order valence-electron chi connectivity index (χ1n) is 6.77. The Hall–Kier alpha value is -1.00. The van der Waals surface area contributed by atoms with Crippen LogP contribution >= 0.6 is 0 Å². The van der Waals surface area contributed by atoms with Gasteiger partial charge in [0.05, 0.1) is 6.10 Å². The van der Waals surface area contributed by atoms with Crippen molar-refractivity contribution in [1.29, 1.82) is 0 Å². The molecule has 4 heteroatoms. The second-order valence-corrected chi connectivity index (χ2v) is 6.85. The lowest BCUT2D eigenvalue weighted by molar-refractivity contribution is -0.174. The monoisotopic (exact) mass is 266 g/mol. The summed E-state index contributed by atoms with van der Waals surface area (Å²) in [7, 11) is 0. The van der Waals surface area contributed by atoms with Gasteiger partial charge in [-0.2, -0.15) is 0 Å². The molecule has 0 aliphatic heterocycles. The van der Waals surface area contributed by atoms with Crippen LogP contribution < -0.4 is 0 Å². The Labute approximate surface area is 113 Å².